The van der Waals surface area contributed by atoms with Crippen LogP contribution in [0.2, 0.25) is 0 Å². The van der Waals surface area contributed by atoms with E-state index < -0.39 is 0 Å². The molecule has 1 aliphatic heterocycles. The second kappa shape index (κ2) is 8.33. The molecule has 2 amide bonds. The van der Waals surface area contributed by atoms with Crippen molar-refractivity contribution in [3.8, 4) is 0 Å². The molecule has 0 atom stereocenters. The molecule has 6 nitrogen and oxygen atoms in total. The molecule has 1 aliphatic rings. The minimum atomic E-state index is 0.0250. The maximum Gasteiger partial charge on any atom is 0.317 e. The molecule has 1 fully saturated rings. The summed E-state index contributed by atoms with van der Waals surface area (Å²) < 4.78 is 2.16. The molecule has 0 unspecified atom stereocenters. The number of aromatic nitrogens is 2. The highest BCUT2D eigenvalue weighted by Crippen LogP contribution is 2.16. The third kappa shape index (κ3) is 3.96. The maximum atomic E-state index is 12.6. The van der Waals surface area contributed by atoms with Crippen molar-refractivity contribution in [3.63, 3.8) is 0 Å². The van der Waals surface area contributed by atoms with Gasteiger partial charge in [0.05, 0.1) is 11.0 Å². The highest BCUT2D eigenvalue weighted by Gasteiger charge is 2.19. The molecule has 28 heavy (non-hydrogen) atoms. The number of carbonyl (C=O) groups is 1. The predicted octanol–water partition coefficient (Wildman–Crippen LogP) is 3.27. The number of anilines is 1. The Hall–Kier alpha value is -3.02. The lowest BCUT2D eigenvalue weighted by Crippen LogP contribution is -2.43. The average Bonchev–Trinajstić information content (AvgIpc) is 2.89. The molecule has 1 saturated heterocycles. The number of rotatable bonds is 4. The zero-order valence-corrected chi connectivity index (χ0v) is 16.3. The number of imidazole rings is 1. The molecule has 1 aromatic heterocycles. The van der Waals surface area contributed by atoms with Crippen LogP contribution in [0.25, 0.3) is 11.0 Å². The molecule has 0 radical (unpaired) electrons. The Morgan fingerprint density at radius 2 is 1.79 bits per heavy atom. The fraction of sp³-hybridized carbons (Fsp3) is 0.364. The Balaban J connectivity index is 1.31. The first-order chi connectivity index (χ1) is 13.7. The zero-order valence-electron chi connectivity index (χ0n) is 16.3. The van der Waals surface area contributed by atoms with E-state index in [0.717, 1.165) is 56.0 Å². The zero-order chi connectivity index (χ0) is 19.3. The van der Waals surface area contributed by atoms with Gasteiger partial charge >= 0.3 is 6.03 Å². The molecule has 0 saturated carbocycles. The van der Waals surface area contributed by atoms with Crippen molar-refractivity contribution in [2.75, 3.05) is 37.6 Å². The number of hydrogen-bond donors (Lipinski definition) is 1. The van der Waals surface area contributed by atoms with Gasteiger partial charge < -0.3 is 19.7 Å². The second-order valence-corrected chi connectivity index (χ2v) is 7.19. The molecular formula is C22H27N5O. The van der Waals surface area contributed by atoms with Crippen LogP contribution in [0.1, 0.15) is 12.2 Å². The van der Waals surface area contributed by atoms with Gasteiger partial charge in [-0.2, -0.15) is 0 Å². The second-order valence-electron chi connectivity index (χ2n) is 7.19. The topological polar surface area (TPSA) is 53.4 Å². The van der Waals surface area contributed by atoms with E-state index in [2.05, 4.69) is 50.1 Å². The lowest BCUT2D eigenvalue weighted by Gasteiger charge is -2.24. The monoisotopic (exact) mass is 377 g/mol. The van der Waals surface area contributed by atoms with Crippen molar-refractivity contribution < 1.29 is 4.79 Å². The lowest BCUT2D eigenvalue weighted by atomic mass is 10.3. The Kier molecular flexibility index (Phi) is 5.46. The molecule has 2 aromatic carbocycles. The molecule has 3 aromatic rings. The van der Waals surface area contributed by atoms with E-state index in [9.17, 15) is 4.79 Å². The third-order valence-electron chi connectivity index (χ3n) is 5.36. The fourth-order valence-electron chi connectivity index (χ4n) is 3.88. The van der Waals surface area contributed by atoms with Crippen LogP contribution in [0.4, 0.5) is 10.5 Å². The number of hydrogen-bond acceptors (Lipinski definition) is 3. The van der Waals surface area contributed by atoms with E-state index in [4.69, 9.17) is 0 Å². The Morgan fingerprint density at radius 3 is 2.64 bits per heavy atom. The molecule has 1 N–H and O–H groups in total. The smallest absolute Gasteiger partial charge is 0.317 e. The van der Waals surface area contributed by atoms with Gasteiger partial charge in [0.15, 0.2) is 0 Å². The number of urea groups is 1. The molecule has 2 heterocycles. The highest BCUT2D eigenvalue weighted by molar-refractivity contribution is 5.76. The standard InChI is InChI=1S/C22H27N5O/c1-18-24-20-10-5-6-11-21(20)27(18)15-12-23-22(28)26-14-7-13-25(16-17-26)19-8-3-2-4-9-19/h2-6,8-11H,7,12-17H2,1H3,(H,23,28). The van der Waals surface area contributed by atoms with Crippen LogP contribution in [-0.4, -0.2) is 53.2 Å². The van der Waals surface area contributed by atoms with Crippen LogP contribution < -0.4 is 10.2 Å². The van der Waals surface area contributed by atoms with E-state index in [1.54, 1.807) is 0 Å². The van der Waals surface area contributed by atoms with Gasteiger partial charge in [0.2, 0.25) is 0 Å². The van der Waals surface area contributed by atoms with Crippen molar-refractivity contribution >= 4 is 22.8 Å². The largest absolute Gasteiger partial charge is 0.370 e. The molecule has 0 spiro atoms. The predicted molar refractivity (Wildman–Crippen MR) is 113 cm³/mol. The lowest BCUT2D eigenvalue weighted by molar-refractivity contribution is 0.201. The number of amides is 2. The number of nitrogens with one attached hydrogen (secondary N) is 1. The van der Waals surface area contributed by atoms with Crippen LogP contribution >= 0.6 is 0 Å². The Morgan fingerprint density at radius 1 is 1.00 bits per heavy atom. The van der Waals surface area contributed by atoms with Crippen molar-refractivity contribution in [2.24, 2.45) is 0 Å². The van der Waals surface area contributed by atoms with E-state index in [0.29, 0.717) is 6.54 Å². The summed E-state index contributed by atoms with van der Waals surface area (Å²) in [6.07, 6.45) is 0.980. The van der Waals surface area contributed by atoms with Gasteiger partial charge in [-0.05, 0) is 37.6 Å². The van der Waals surface area contributed by atoms with Gasteiger partial charge in [-0.1, -0.05) is 30.3 Å². The summed E-state index contributed by atoms with van der Waals surface area (Å²) in [5.41, 5.74) is 3.34. The van der Waals surface area contributed by atoms with Crippen molar-refractivity contribution in [2.45, 2.75) is 19.9 Å². The first kappa shape index (κ1) is 18.3. The molecule has 4 rings (SSSR count). The number of para-hydroxylation sites is 3. The summed E-state index contributed by atoms with van der Waals surface area (Å²) in [5, 5.41) is 3.08. The first-order valence-electron chi connectivity index (χ1n) is 9.97. The fourth-order valence-corrected chi connectivity index (χ4v) is 3.88. The molecule has 6 heteroatoms. The van der Waals surface area contributed by atoms with Crippen LogP contribution in [-0.2, 0) is 6.54 Å². The van der Waals surface area contributed by atoms with Gasteiger partial charge in [-0.3, -0.25) is 0 Å². The number of aryl methyl sites for hydroxylation is 1. The van der Waals surface area contributed by atoms with Crippen molar-refractivity contribution in [1.82, 2.24) is 19.8 Å². The summed E-state index contributed by atoms with van der Waals surface area (Å²) in [6, 6.07) is 18.6. The van der Waals surface area contributed by atoms with Crippen LogP contribution in [0.15, 0.2) is 54.6 Å². The third-order valence-corrected chi connectivity index (χ3v) is 5.36. The summed E-state index contributed by atoms with van der Waals surface area (Å²) in [6.45, 7) is 6.71. The number of carbonyl (C=O) groups excluding carboxylic acids is 1. The van der Waals surface area contributed by atoms with Crippen molar-refractivity contribution in [1.29, 1.82) is 0 Å². The highest BCUT2D eigenvalue weighted by atomic mass is 16.2. The SMILES string of the molecule is Cc1nc2ccccc2n1CCNC(=O)N1CCCN(c2ccccc2)CC1. The van der Waals surface area contributed by atoms with Crippen LogP contribution in [0, 0.1) is 6.92 Å². The quantitative estimate of drug-likeness (QED) is 0.759. The minimum Gasteiger partial charge on any atom is -0.370 e. The van der Waals surface area contributed by atoms with Gasteiger partial charge in [0.25, 0.3) is 0 Å². The van der Waals surface area contributed by atoms with Gasteiger partial charge in [-0.15, -0.1) is 0 Å². The van der Waals surface area contributed by atoms with E-state index >= 15 is 0 Å². The van der Waals surface area contributed by atoms with Crippen LogP contribution in [0.3, 0.4) is 0 Å². The summed E-state index contributed by atoms with van der Waals surface area (Å²) in [5.74, 6) is 0.976. The number of nitrogens with zero attached hydrogens (tertiary/aromatic N) is 4. The molecular weight excluding hydrogens is 350 g/mol. The van der Waals surface area contributed by atoms with E-state index in [1.807, 2.05) is 36.1 Å². The average molecular weight is 377 g/mol. The molecule has 0 aliphatic carbocycles. The molecule has 0 bridgehead atoms. The normalized spacial score (nSPS) is 14.9. The van der Waals surface area contributed by atoms with Gasteiger partial charge in [0, 0.05) is 45.0 Å². The first-order valence-corrected chi connectivity index (χ1v) is 9.97. The number of benzene rings is 2. The Labute approximate surface area is 165 Å². The van der Waals surface area contributed by atoms with E-state index in [-0.39, 0.29) is 6.03 Å². The summed E-state index contributed by atoms with van der Waals surface area (Å²) >= 11 is 0. The van der Waals surface area contributed by atoms with E-state index in [1.165, 1.54) is 5.69 Å². The van der Waals surface area contributed by atoms with Crippen molar-refractivity contribution in [3.05, 3.63) is 60.4 Å². The Bertz CT molecular complexity index is 937. The summed E-state index contributed by atoms with van der Waals surface area (Å²) in [7, 11) is 0. The molecule has 146 valence electrons. The van der Waals surface area contributed by atoms with Crippen LogP contribution in [0.5, 0.6) is 0 Å². The minimum absolute atomic E-state index is 0.0250. The number of fused-ring (bicyclic) bond motifs is 1. The van der Waals surface area contributed by atoms with Gasteiger partial charge in [-0.25, -0.2) is 9.78 Å². The summed E-state index contributed by atoms with van der Waals surface area (Å²) in [4.78, 5) is 21.5. The maximum absolute atomic E-state index is 12.6. The van der Waals surface area contributed by atoms with Gasteiger partial charge in [0.1, 0.15) is 5.82 Å².